The van der Waals surface area contributed by atoms with Crippen LogP contribution in [0.1, 0.15) is 31.9 Å². The summed E-state index contributed by atoms with van der Waals surface area (Å²) < 4.78 is 3.23. The molecule has 0 atom stereocenters. The van der Waals surface area contributed by atoms with Crippen molar-refractivity contribution in [1.29, 1.82) is 0 Å². The first-order valence-corrected chi connectivity index (χ1v) is 6.19. The Hall–Kier alpha value is -1.91. The molecule has 5 heteroatoms. The van der Waals surface area contributed by atoms with Crippen LogP contribution in [0.3, 0.4) is 0 Å². The standard InChI is InChI=1S/C13H17N3O2/c1-3-11(17)5-4-6-15-7-8-16-12(13(15)18)9-10(2)14-16/h7-9H,3-6H2,1-2H3. The number of nitrogens with zero attached hydrogens (tertiary/aromatic N) is 3. The van der Waals surface area contributed by atoms with Crippen molar-refractivity contribution in [3.63, 3.8) is 0 Å². The molecule has 0 aliphatic rings. The lowest BCUT2D eigenvalue weighted by Gasteiger charge is -2.05. The lowest BCUT2D eigenvalue weighted by molar-refractivity contribution is -0.118. The first kappa shape index (κ1) is 12.5. The van der Waals surface area contributed by atoms with E-state index in [1.807, 2.05) is 13.8 Å². The SMILES string of the molecule is CCC(=O)CCCn1ccn2nc(C)cc2c1=O. The summed E-state index contributed by atoms with van der Waals surface area (Å²) in [6.45, 7) is 4.29. The zero-order valence-electron chi connectivity index (χ0n) is 10.7. The second-order valence-corrected chi connectivity index (χ2v) is 4.41. The Balaban J connectivity index is 2.16. The fourth-order valence-electron chi connectivity index (χ4n) is 1.95. The molecule has 5 nitrogen and oxygen atoms in total. The molecule has 0 saturated carbocycles. The fraction of sp³-hybridized carbons (Fsp3) is 0.462. The molecule has 0 unspecified atom stereocenters. The number of carbonyl (C=O) groups is 1. The highest BCUT2D eigenvalue weighted by molar-refractivity contribution is 5.77. The van der Waals surface area contributed by atoms with Crippen LogP contribution in [0.25, 0.3) is 5.52 Å². The van der Waals surface area contributed by atoms with Gasteiger partial charge in [0.15, 0.2) is 0 Å². The summed E-state index contributed by atoms with van der Waals surface area (Å²) in [7, 11) is 0. The van der Waals surface area contributed by atoms with Crippen molar-refractivity contribution in [3.05, 3.63) is 34.5 Å². The molecule has 0 bridgehead atoms. The van der Waals surface area contributed by atoms with Gasteiger partial charge in [0.1, 0.15) is 11.3 Å². The molecule has 0 aliphatic heterocycles. The number of hydrogen-bond acceptors (Lipinski definition) is 3. The van der Waals surface area contributed by atoms with Gasteiger partial charge in [-0.1, -0.05) is 6.92 Å². The lowest BCUT2D eigenvalue weighted by Crippen LogP contribution is -2.21. The maximum absolute atomic E-state index is 12.1. The Kier molecular flexibility index (Phi) is 3.60. The predicted molar refractivity (Wildman–Crippen MR) is 68.7 cm³/mol. The molecule has 18 heavy (non-hydrogen) atoms. The van der Waals surface area contributed by atoms with Gasteiger partial charge in [0.2, 0.25) is 0 Å². The Morgan fingerprint density at radius 3 is 2.89 bits per heavy atom. The van der Waals surface area contributed by atoms with Gasteiger partial charge < -0.3 is 4.57 Å². The lowest BCUT2D eigenvalue weighted by atomic mass is 10.2. The Labute approximate surface area is 105 Å². The van der Waals surface area contributed by atoms with Crippen LogP contribution in [0.4, 0.5) is 0 Å². The number of Topliss-reactive ketones (excluding diaryl/α,β-unsaturated/α-hetero) is 1. The number of carbonyl (C=O) groups excluding carboxylic acids is 1. The van der Waals surface area contributed by atoms with Gasteiger partial charge in [-0.3, -0.25) is 9.59 Å². The molecule has 0 fully saturated rings. The molecule has 2 aromatic heterocycles. The smallest absolute Gasteiger partial charge is 0.276 e. The molecule has 0 N–H and O–H groups in total. The molecule has 0 saturated heterocycles. The summed E-state index contributed by atoms with van der Waals surface area (Å²) in [4.78, 5) is 23.3. The number of ketones is 1. The fourth-order valence-corrected chi connectivity index (χ4v) is 1.95. The molecule has 0 aromatic carbocycles. The van der Waals surface area contributed by atoms with E-state index in [1.54, 1.807) is 27.5 Å². The van der Waals surface area contributed by atoms with Crippen molar-refractivity contribution in [2.45, 2.75) is 39.7 Å². The molecule has 0 aliphatic carbocycles. The maximum Gasteiger partial charge on any atom is 0.276 e. The maximum atomic E-state index is 12.1. The average molecular weight is 247 g/mol. The van der Waals surface area contributed by atoms with Gasteiger partial charge in [-0.05, 0) is 19.4 Å². The largest absolute Gasteiger partial charge is 0.312 e. The zero-order chi connectivity index (χ0) is 13.1. The third kappa shape index (κ3) is 2.50. The second-order valence-electron chi connectivity index (χ2n) is 4.41. The molecule has 0 spiro atoms. The summed E-state index contributed by atoms with van der Waals surface area (Å²) in [6, 6.07) is 1.77. The van der Waals surface area contributed by atoms with Crippen LogP contribution in [-0.4, -0.2) is 20.0 Å². The van der Waals surface area contributed by atoms with Crippen molar-refractivity contribution < 1.29 is 4.79 Å². The quantitative estimate of drug-likeness (QED) is 0.805. The van der Waals surface area contributed by atoms with Gasteiger partial charge >= 0.3 is 0 Å². The van der Waals surface area contributed by atoms with E-state index in [-0.39, 0.29) is 11.3 Å². The molecule has 2 heterocycles. The van der Waals surface area contributed by atoms with Gasteiger partial charge in [0.05, 0.1) is 5.69 Å². The van der Waals surface area contributed by atoms with Gasteiger partial charge in [-0.25, -0.2) is 4.52 Å². The van der Waals surface area contributed by atoms with Crippen LogP contribution >= 0.6 is 0 Å². The summed E-state index contributed by atoms with van der Waals surface area (Å²) >= 11 is 0. The second kappa shape index (κ2) is 5.16. The average Bonchev–Trinajstić information content (AvgIpc) is 2.73. The highest BCUT2D eigenvalue weighted by Gasteiger charge is 2.05. The van der Waals surface area contributed by atoms with Crippen molar-refractivity contribution in [1.82, 2.24) is 14.2 Å². The van der Waals surface area contributed by atoms with Crippen LogP contribution in [0.2, 0.25) is 0 Å². The Bertz CT molecular complexity index is 625. The van der Waals surface area contributed by atoms with Crippen molar-refractivity contribution >= 4 is 11.3 Å². The highest BCUT2D eigenvalue weighted by Crippen LogP contribution is 2.02. The molecular weight excluding hydrogens is 230 g/mol. The summed E-state index contributed by atoms with van der Waals surface area (Å²) in [5, 5.41) is 4.19. The summed E-state index contributed by atoms with van der Waals surface area (Å²) in [5.41, 5.74) is 1.35. The zero-order valence-corrected chi connectivity index (χ0v) is 10.7. The Morgan fingerprint density at radius 2 is 2.17 bits per heavy atom. The normalized spacial score (nSPS) is 11.0. The number of aryl methyl sites for hydroxylation is 2. The van der Waals surface area contributed by atoms with Crippen molar-refractivity contribution in [2.75, 3.05) is 0 Å². The number of aromatic nitrogens is 3. The number of rotatable bonds is 5. The summed E-state index contributed by atoms with van der Waals surface area (Å²) in [6.07, 6.45) is 5.29. The molecule has 0 amide bonds. The monoisotopic (exact) mass is 247 g/mol. The van der Waals surface area contributed by atoms with E-state index in [4.69, 9.17) is 0 Å². The van der Waals surface area contributed by atoms with Crippen molar-refractivity contribution in [3.8, 4) is 0 Å². The minimum Gasteiger partial charge on any atom is -0.312 e. The summed E-state index contributed by atoms with van der Waals surface area (Å²) in [5.74, 6) is 0.240. The Morgan fingerprint density at radius 1 is 1.39 bits per heavy atom. The first-order chi connectivity index (χ1) is 8.61. The first-order valence-electron chi connectivity index (χ1n) is 6.19. The highest BCUT2D eigenvalue weighted by atomic mass is 16.1. The molecule has 2 rings (SSSR count). The van der Waals surface area contributed by atoms with E-state index in [9.17, 15) is 9.59 Å². The van der Waals surface area contributed by atoms with Crippen LogP contribution in [0.15, 0.2) is 23.3 Å². The number of fused-ring (bicyclic) bond motifs is 1. The van der Waals surface area contributed by atoms with Gasteiger partial charge in [0, 0.05) is 31.8 Å². The minimum atomic E-state index is -0.0537. The van der Waals surface area contributed by atoms with Crippen molar-refractivity contribution in [2.24, 2.45) is 0 Å². The van der Waals surface area contributed by atoms with Crippen LogP contribution in [-0.2, 0) is 11.3 Å². The minimum absolute atomic E-state index is 0.0537. The third-order valence-corrected chi connectivity index (χ3v) is 2.97. The van der Waals surface area contributed by atoms with E-state index in [0.29, 0.717) is 31.3 Å². The van der Waals surface area contributed by atoms with Crippen LogP contribution in [0, 0.1) is 6.92 Å². The predicted octanol–water partition coefficient (Wildman–Crippen LogP) is 1.56. The van der Waals surface area contributed by atoms with E-state index in [1.165, 1.54) is 0 Å². The van der Waals surface area contributed by atoms with E-state index >= 15 is 0 Å². The molecule has 0 radical (unpaired) electrons. The van der Waals surface area contributed by atoms with Gasteiger partial charge in [0.25, 0.3) is 5.56 Å². The topological polar surface area (TPSA) is 56.4 Å². The molecule has 2 aromatic rings. The van der Waals surface area contributed by atoms with E-state index in [0.717, 1.165) is 5.69 Å². The molecular formula is C13H17N3O2. The number of hydrogen-bond donors (Lipinski definition) is 0. The van der Waals surface area contributed by atoms with Crippen LogP contribution < -0.4 is 5.56 Å². The van der Waals surface area contributed by atoms with E-state index in [2.05, 4.69) is 5.10 Å². The third-order valence-electron chi connectivity index (χ3n) is 2.97. The molecule has 96 valence electrons. The van der Waals surface area contributed by atoms with Gasteiger partial charge in [-0.15, -0.1) is 0 Å². The van der Waals surface area contributed by atoms with Gasteiger partial charge in [-0.2, -0.15) is 5.10 Å². The van der Waals surface area contributed by atoms with E-state index < -0.39 is 0 Å². The van der Waals surface area contributed by atoms with Crippen LogP contribution in [0.5, 0.6) is 0 Å².